The molecule has 1 heterocycles. The van der Waals surface area contributed by atoms with Gasteiger partial charge < -0.3 is 5.11 Å². The standard InChI is InChI=1S/C17H19NO/c19-17(14-7-2-1-3-8-14)12-15-11-10-13-6-4-5-9-16(13)18-15/h1-2,4-6,9-11,14,17,19H,3,7-8,12H2. The second-order valence-electron chi connectivity index (χ2n) is 5.31. The fourth-order valence-corrected chi connectivity index (χ4v) is 2.77. The van der Waals surface area contributed by atoms with E-state index in [0.717, 1.165) is 35.9 Å². The van der Waals surface area contributed by atoms with Gasteiger partial charge in [-0.05, 0) is 37.3 Å². The molecule has 1 N–H and O–H groups in total. The highest BCUT2D eigenvalue weighted by Gasteiger charge is 2.20. The van der Waals surface area contributed by atoms with E-state index in [9.17, 15) is 5.11 Å². The molecule has 2 atom stereocenters. The molecule has 0 aliphatic heterocycles. The van der Waals surface area contributed by atoms with E-state index in [0.29, 0.717) is 12.3 Å². The Balaban J connectivity index is 1.75. The minimum atomic E-state index is -0.279. The summed E-state index contributed by atoms with van der Waals surface area (Å²) in [6, 6.07) is 12.2. The van der Waals surface area contributed by atoms with E-state index in [2.05, 4.69) is 29.3 Å². The molecule has 3 rings (SSSR count). The Kier molecular flexibility index (Phi) is 3.60. The molecule has 1 aromatic heterocycles. The SMILES string of the molecule is OC(Cc1ccc2ccccc2n1)C1CC=CCC1. The minimum Gasteiger partial charge on any atom is -0.392 e. The Bertz CT molecular complexity index is 591. The highest BCUT2D eigenvalue weighted by atomic mass is 16.3. The van der Waals surface area contributed by atoms with Crippen molar-refractivity contribution in [3.05, 3.63) is 54.2 Å². The summed E-state index contributed by atoms with van der Waals surface area (Å²) < 4.78 is 0. The van der Waals surface area contributed by atoms with Crippen molar-refractivity contribution in [2.45, 2.75) is 31.8 Å². The van der Waals surface area contributed by atoms with Gasteiger partial charge in [0.15, 0.2) is 0 Å². The molecular formula is C17H19NO. The molecule has 1 aromatic carbocycles. The number of benzene rings is 1. The Morgan fingerprint density at radius 1 is 1.16 bits per heavy atom. The fraction of sp³-hybridized carbons (Fsp3) is 0.353. The number of hydrogen-bond donors (Lipinski definition) is 1. The molecule has 1 aliphatic carbocycles. The van der Waals surface area contributed by atoms with Crippen LogP contribution in [-0.2, 0) is 6.42 Å². The summed E-state index contributed by atoms with van der Waals surface area (Å²) in [6.07, 6.45) is 7.94. The Hall–Kier alpha value is -1.67. The van der Waals surface area contributed by atoms with Crippen LogP contribution in [0.1, 0.15) is 25.0 Å². The molecule has 0 amide bonds. The fourth-order valence-electron chi connectivity index (χ4n) is 2.77. The lowest BCUT2D eigenvalue weighted by atomic mass is 9.87. The Labute approximate surface area is 113 Å². The number of para-hydroxylation sites is 1. The molecule has 2 unspecified atom stereocenters. The summed E-state index contributed by atoms with van der Waals surface area (Å²) in [7, 11) is 0. The van der Waals surface area contributed by atoms with Crippen molar-refractivity contribution < 1.29 is 5.11 Å². The summed E-state index contributed by atoms with van der Waals surface area (Å²) in [5.41, 5.74) is 2.00. The summed E-state index contributed by atoms with van der Waals surface area (Å²) >= 11 is 0. The van der Waals surface area contributed by atoms with Gasteiger partial charge in [-0.25, -0.2) is 0 Å². The van der Waals surface area contributed by atoms with Crippen LogP contribution in [0.3, 0.4) is 0 Å². The molecule has 98 valence electrons. The zero-order valence-electron chi connectivity index (χ0n) is 11.0. The summed E-state index contributed by atoms with van der Waals surface area (Å²) in [6.45, 7) is 0. The van der Waals surface area contributed by atoms with Gasteiger partial charge in [-0.2, -0.15) is 0 Å². The lowest BCUT2D eigenvalue weighted by Gasteiger charge is -2.23. The normalized spacial score (nSPS) is 20.6. The first-order valence-corrected chi connectivity index (χ1v) is 7.00. The van der Waals surface area contributed by atoms with Crippen molar-refractivity contribution in [3.8, 4) is 0 Å². The maximum atomic E-state index is 10.3. The van der Waals surface area contributed by atoms with Crippen LogP contribution in [0, 0.1) is 5.92 Å². The highest BCUT2D eigenvalue weighted by Crippen LogP contribution is 2.24. The third-order valence-electron chi connectivity index (χ3n) is 3.93. The number of allylic oxidation sites excluding steroid dienone is 2. The molecule has 2 heteroatoms. The average molecular weight is 253 g/mol. The largest absolute Gasteiger partial charge is 0.392 e. The molecule has 0 spiro atoms. The zero-order valence-corrected chi connectivity index (χ0v) is 11.0. The third kappa shape index (κ3) is 2.85. The van der Waals surface area contributed by atoms with Crippen LogP contribution >= 0.6 is 0 Å². The smallest absolute Gasteiger partial charge is 0.0705 e. The summed E-state index contributed by atoms with van der Waals surface area (Å²) in [4.78, 5) is 4.63. The van der Waals surface area contributed by atoms with Gasteiger partial charge in [0.1, 0.15) is 0 Å². The molecule has 1 aliphatic rings. The van der Waals surface area contributed by atoms with Gasteiger partial charge in [-0.1, -0.05) is 36.4 Å². The van der Waals surface area contributed by atoms with Gasteiger partial charge in [0.2, 0.25) is 0 Å². The van der Waals surface area contributed by atoms with Gasteiger partial charge in [0.25, 0.3) is 0 Å². The number of aliphatic hydroxyl groups excluding tert-OH is 1. The number of nitrogens with zero attached hydrogens (tertiary/aromatic N) is 1. The lowest BCUT2D eigenvalue weighted by molar-refractivity contribution is 0.101. The van der Waals surface area contributed by atoms with Gasteiger partial charge in [0, 0.05) is 17.5 Å². The van der Waals surface area contributed by atoms with Gasteiger partial charge >= 0.3 is 0 Å². The lowest BCUT2D eigenvalue weighted by Crippen LogP contribution is -2.24. The Morgan fingerprint density at radius 3 is 2.89 bits per heavy atom. The van der Waals surface area contributed by atoms with E-state index in [4.69, 9.17) is 0 Å². The van der Waals surface area contributed by atoms with Gasteiger partial charge in [-0.15, -0.1) is 0 Å². The molecule has 0 fully saturated rings. The molecule has 0 bridgehead atoms. The Morgan fingerprint density at radius 2 is 2.05 bits per heavy atom. The molecule has 2 aromatic rings. The molecular weight excluding hydrogens is 234 g/mol. The molecule has 19 heavy (non-hydrogen) atoms. The van der Waals surface area contributed by atoms with Crippen molar-refractivity contribution in [1.29, 1.82) is 0 Å². The van der Waals surface area contributed by atoms with Crippen LogP contribution in [-0.4, -0.2) is 16.2 Å². The van der Waals surface area contributed by atoms with E-state index in [1.807, 2.05) is 24.3 Å². The second-order valence-corrected chi connectivity index (χ2v) is 5.31. The molecule has 0 radical (unpaired) electrons. The van der Waals surface area contributed by atoms with Crippen molar-refractivity contribution in [1.82, 2.24) is 4.98 Å². The summed E-state index contributed by atoms with van der Waals surface area (Å²) in [5, 5.41) is 11.5. The van der Waals surface area contributed by atoms with E-state index in [-0.39, 0.29) is 6.10 Å². The number of aromatic nitrogens is 1. The third-order valence-corrected chi connectivity index (χ3v) is 3.93. The van der Waals surface area contributed by atoms with Crippen LogP contribution in [0.25, 0.3) is 10.9 Å². The quantitative estimate of drug-likeness (QED) is 0.849. The van der Waals surface area contributed by atoms with Crippen LogP contribution in [0.2, 0.25) is 0 Å². The number of aliphatic hydroxyl groups is 1. The molecule has 0 saturated heterocycles. The molecule has 0 saturated carbocycles. The highest BCUT2D eigenvalue weighted by molar-refractivity contribution is 5.78. The maximum Gasteiger partial charge on any atom is 0.0705 e. The number of rotatable bonds is 3. The zero-order chi connectivity index (χ0) is 13.1. The van der Waals surface area contributed by atoms with Crippen molar-refractivity contribution in [2.75, 3.05) is 0 Å². The first-order valence-electron chi connectivity index (χ1n) is 7.00. The topological polar surface area (TPSA) is 33.1 Å². The van der Waals surface area contributed by atoms with E-state index >= 15 is 0 Å². The monoisotopic (exact) mass is 253 g/mol. The first-order chi connectivity index (χ1) is 9.33. The van der Waals surface area contributed by atoms with Crippen molar-refractivity contribution in [3.63, 3.8) is 0 Å². The summed E-state index contributed by atoms with van der Waals surface area (Å²) in [5.74, 6) is 0.387. The molecule has 2 nitrogen and oxygen atoms in total. The van der Waals surface area contributed by atoms with E-state index in [1.54, 1.807) is 0 Å². The van der Waals surface area contributed by atoms with Crippen LogP contribution in [0.4, 0.5) is 0 Å². The van der Waals surface area contributed by atoms with E-state index in [1.165, 1.54) is 0 Å². The van der Waals surface area contributed by atoms with Gasteiger partial charge in [-0.3, -0.25) is 4.98 Å². The van der Waals surface area contributed by atoms with Gasteiger partial charge in [0.05, 0.1) is 11.6 Å². The number of hydrogen-bond acceptors (Lipinski definition) is 2. The van der Waals surface area contributed by atoms with Crippen LogP contribution in [0.15, 0.2) is 48.6 Å². The van der Waals surface area contributed by atoms with Crippen molar-refractivity contribution >= 4 is 10.9 Å². The average Bonchev–Trinajstić information content (AvgIpc) is 2.48. The second kappa shape index (κ2) is 5.54. The maximum absolute atomic E-state index is 10.3. The first kappa shape index (κ1) is 12.4. The number of fused-ring (bicyclic) bond motifs is 1. The predicted molar refractivity (Wildman–Crippen MR) is 77.9 cm³/mol. The van der Waals surface area contributed by atoms with E-state index < -0.39 is 0 Å². The minimum absolute atomic E-state index is 0.279. The predicted octanol–water partition coefficient (Wildman–Crippen LogP) is 3.49. The van der Waals surface area contributed by atoms with Crippen LogP contribution < -0.4 is 0 Å². The number of pyridine rings is 1. The van der Waals surface area contributed by atoms with Crippen LogP contribution in [0.5, 0.6) is 0 Å². The van der Waals surface area contributed by atoms with Crippen molar-refractivity contribution in [2.24, 2.45) is 5.92 Å².